The molecule has 6 heteroatoms. The van der Waals surface area contributed by atoms with Crippen molar-refractivity contribution in [2.75, 3.05) is 39.9 Å². The minimum Gasteiger partial charge on any atom is -0.497 e. The number of benzene rings is 2. The number of hydrogen-bond acceptors (Lipinski definition) is 4. The molecule has 1 heterocycles. The number of ether oxygens (including phenoxy) is 2. The molecule has 0 aliphatic carbocycles. The first-order valence-corrected chi connectivity index (χ1v) is 9.45. The Morgan fingerprint density at radius 1 is 1.07 bits per heavy atom. The molecule has 144 valence electrons. The molecule has 1 saturated heterocycles. The van der Waals surface area contributed by atoms with Gasteiger partial charge in [-0.25, -0.2) is 0 Å². The van der Waals surface area contributed by atoms with E-state index in [1.54, 1.807) is 19.2 Å². The van der Waals surface area contributed by atoms with Gasteiger partial charge in [0.05, 0.1) is 7.11 Å². The van der Waals surface area contributed by atoms with Crippen LogP contribution in [0, 0.1) is 6.92 Å². The molecule has 1 aliphatic heterocycles. The Balaban J connectivity index is 1.44. The van der Waals surface area contributed by atoms with E-state index in [1.807, 2.05) is 30.0 Å². The molecular weight excluding hydrogens is 364 g/mol. The highest BCUT2D eigenvalue weighted by atomic mass is 35.5. The van der Waals surface area contributed by atoms with E-state index < -0.39 is 0 Å². The number of halogens is 1. The first-order valence-electron chi connectivity index (χ1n) is 9.07. The first-order chi connectivity index (χ1) is 13.0. The normalized spacial score (nSPS) is 14.9. The van der Waals surface area contributed by atoms with Crippen molar-refractivity contribution in [3.8, 4) is 11.5 Å². The van der Waals surface area contributed by atoms with E-state index in [1.165, 1.54) is 5.56 Å². The lowest BCUT2D eigenvalue weighted by Gasteiger charge is -2.34. The molecule has 2 aromatic rings. The molecule has 3 rings (SSSR count). The van der Waals surface area contributed by atoms with Crippen LogP contribution in [0.5, 0.6) is 11.5 Å². The molecule has 0 radical (unpaired) electrons. The Labute approximate surface area is 165 Å². The van der Waals surface area contributed by atoms with Crippen molar-refractivity contribution in [2.24, 2.45) is 0 Å². The van der Waals surface area contributed by atoms with Crippen LogP contribution < -0.4 is 9.47 Å². The van der Waals surface area contributed by atoms with Gasteiger partial charge in [-0.05, 0) is 48.4 Å². The number of nitrogens with zero attached hydrogens (tertiary/aromatic N) is 2. The van der Waals surface area contributed by atoms with Gasteiger partial charge in [0.15, 0.2) is 6.61 Å². The monoisotopic (exact) mass is 388 g/mol. The fourth-order valence-electron chi connectivity index (χ4n) is 3.15. The SMILES string of the molecule is COc1ccc(CN2CCN(C(=O)COc3ccc(Cl)cc3C)CC2)cc1. The zero-order valence-corrected chi connectivity index (χ0v) is 16.5. The Hall–Kier alpha value is -2.24. The summed E-state index contributed by atoms with van der Waals surface area (Å²) < 4.78 is 10.9. The summed E-state index contributed by atoms with van der Waals surface area (Å²) in [6.45, 7) is 6.02. The third-order valence-electron chi connectivity index (χ3n) is 4.78. The highest BCUT2D eigenvalue weighted by Gasteiger charge is 2.21. The second kappa shape index (κ2) is 9.11. The predicted octanol–water partition coefficient (Wildman–Crippen LogP) is 3.38. The van der Waals surface area contributed by atoms with Gasteiger partial charge in [0.25, 0.3) is 5.91 Å². The summed E-state index contributed by atoms with van der Waals surface area (Å²) in [5.74, 6) is 1.59. The minimum atomic E-state index is 0.0217. The van der Waals surface area contributed by atoms with Crippen LogP contribution in [0.3, 0.4) is 0 Å². The zero-order valence-electron chi connectivity index (χ0n) is 15.8. The summed E-state index contributed by atoms with van der Waals surface area (Å²) in [4.78, 5) is 16.7. The second-order valence-electron chi connectivity index (χ2n) is 6.70. The molecule has 0 unspecified atom stereocenters. The average molecular weight is 389 g/mol. The molecule has 2 aromatic carbocycles. The van der Waals surface area contributed by atoms with Crippen LogP contribution in [-0.2, 0) is 11.3 Å². The summed E-state index contributed by atoms with van der Waals surface area (Å²) >= 11 is 5.95. The Morgan fingerprint density at radius 2 is 1.78 bits per heavy atom. The summed E-state index contributed by atoms with van der Waals surface area (Å²) in [5.41, 5.74) is 2.18. The topological polar surface area (TPSA) is 42.0 Å². The smallest absolute Gasteiger partial charge is 0.260 e. The van der Waals surface area contributed by atoms with E-state index in [2.05, 4.69) is 17.0 Å². The van der Waals surface area contributed by atoms with Gasteiger partial charge in [0.2, 0.25) is 0 Å². The van der Waals surface area contributed by atoms with Gasteiger partial charge in [-0.2, -0.15) is 0 Å². The van der Waals surface area contributed by atoms with Crippen molar-refractivity contribution < 1.29 is 14.3 Å². The third kappa shape index (κ3) is 5.37. The van der Waals surface area contributed by atoms with Gasteiger partial charge in [0.1, 0.15) is 11.5 Å². The van der Waals surface area contributed by atoms with Gasteiger partial charge in [-0.3, -0.25) is 9.69 Å². The number of methoxy groups -OCH3 is 1. The summed E-state index contributed by atoms with van der Waals surface area (Å²) in [6.07, 6.45) is 0. The lowest BCUT2D eigenvalue weighted by molar-refractivity contribution is -0.135. The predicted molar refractivity (Wildman–Crippen MR) is 107 cm³/mol. The first kappa shape index (κ1) is 19.5. The van der Waals surface area contributed by atoms with Crippen LogP contribution in [0.4, 0.5) is 0 Å². The van der Waals surface area contributed by atoms with Crippen molar-refractivity contribution in [1.82, 2.24) is 9.80 Å². The van der Waals surface area contributed by atoms with Gasteiger partial charge in [-0.15, -0.1) is 0 Å². The fourth-order valence-corrected chi connectivity index (χ4v) is 3.38. The Bertz CT molecular complexity index is 771. The highest BCUT2D eigenvalue weighted by Crippen LogP contribution is 2.22. The maximum Gasteiger partial charge on any atom is 0.260 e. The molecular formula is C21H25ClN2O3. The standard InChI is InChI=1S/C21H25ClN2O3/c1-16-13-18(22)5-8-20(16)27-15-21(25)24-11-9-23(10-12-24)14-17-3-6-19(26-2)7-4-17/h3-8,13H,9-12,14-15H2,1-2H3. The average Bonchev–Trinajstić information content (AvgIpc) is 2.68. The van der Waals surface area contributed by atoms with Gasteiger partial charge >= 0.3 is 0 Å². The van der Waals surface area contributed by atoms with E-state index in [9.17, 15) is 4.79 Å². The Kier molecular flexibility index (Phi) is 6.58. The van der Waals surface area contributed by atoms with E-state index in [4.69, 9.17) is 21.1 Å². The van der Waals surface area contributed by atoms with Crippen LogP contribution in [0.2, 0.25) is 5.02 Å². The lowest BCUT2D eigenvalue weighted by Crippen LogP contribution is -2.49. The third-order valence-corrected chi connectivity index (χ3v) is 5.01. The molecule has 27 heavy (non-hydrogen) atoms. The molecule has 0 N–H and O–H groups in total. The van der Waals surface area contributed by atoms with Crippen LogP contribution >= 0.6 is 11.6 Å². The number of rotatable bonds is 6. The molecule has 0 saturated carbocycles. The number of hydrogen-bond donors (Lipinski definition) is 0. The number of carbonyl (C=O) groups is 1. The lowest BCUT2D eigenvalue weighted by atomic mass is 10.2. The number of piperazine rings is 1. The molecule has 0 bridgehead atoms. The quantitative estimate of drug-likeness (QED) is 0.760. The van der Waals surface area contributed by atoms with E-state index >= 15 is 0 Å². The molecule has 5 nitrogen and oxygen atoms in total. The summed E-state index contributed by atoms with van der Waals surface area (Å²) in [7, 11) is 1.67. The number of carbonyl (C=O) groups excluding carboxylic acids is 1. The maximum absolute atomic E-state index is 12.4. The second-order valence-corrected chi connectivity index (χ2v) is 7.14. The molecule has 1 amide bonds. The molecule has 1 aliphatic rings. The van der Waals surface area contributed by atoms with Gasteiger partial charge in [-0.1, -0.05) is 23.7 Å². The van der Waals surface area contributed by atoms with Crippen LogP contribution in [0.1, 0.15) is 11.1 Å². The van der Waals surface area contributed by atoms with E-state index in [0.29, 0.717) is 10.8 Å². The summed E-state index contributed by atoms with van der Waals surface area (Å²) in [6, 6.07) is 13.5. The zero-order chi connectivity index (χ0) is 19.2. The largest absolute Gasteiger partial charge is 0.497 e. The maximum atomic E-state index is 12.4. The van der Waals surface area contributed by atoms with E-state index in [0.717, 1.165) is 44.0 Å². The van der Waals surface area contributed by atoms with Crippen molar-refractivity contribution in [2.45, 2.75) is 13.5 Å². The van der Waals surface area contributed by atoms with Crippen molar-refractivity contribution in [1.29, 1.82) is 0 Å². The molecule has 0 aromatic heterocycles. The van der Waals surface area contributed by atoms with Gasteiger partial charge in [0, 0.05) is 37.7 Å². The number of amides is 1. The number of aryl methyl sites for hydroxylation is 1. The molecule has 1 fully saturated rings. The van der Waals surface area contributed by atoms with Crippen molar-refractivity contribution >= 4 is 17.5 Å². The minimum absolute atomic E-state index is 0.0217. The molecule has 0 spiro atoms. The highest BCUT2D eigenvalue weighted by molar-refractivity contribution is 6.30. The van der Waals surface area contributed by atoms with Crippen LogP contribution in [0.15, 0.2) is 42.5 Å². The summed E-state index contributed by atoms with van der Waals surface area (Å²) in [5, 5.41) is 0.666. The molecule has 0 atom stereocenters. The van der Waals surface area contributed by atoms with Crippen LogP contribution in [0.25, 0.3) is 0 Å². The van der Waals surface area contributed by atoms with Crippen LogP contribution in [-0.4, -0.2) is 55.6 Å². The van der Waals surface area contributed by atoms with Gasteiger partial charge < -0.3 is 14.4 Å². The van der Waals surface area contributed by atoms with Crippen molar-refractivity contribution in [3.05, 3.63) is 58.6 Å². The fraction of sp³-hybridized carbons (Fsp3) is 0.381. The Morgan fingerprint density at radius 3 is 2.41 bits per heavy atom. The van der Waals surface area contributed by atoms with Crippen molar-refractivity contribution in [3.63, 3.8) is 0 Å². The van der Waals surface area contributed by atoms with E-state index in [-0.39, 0.29) is 12.5 Å².